The summed E-state index contributed by atoms with van der Waals surface area (Å²) in [5.74, 6) is 0.520. The van der Waals surface area contributed by atoms with Crippen molar-refractivity contribution < 1.29 is 9.53 Å². The lowest BCUT2D eigenvalue weighted by molar-refractivity contribution is -0.154. The third-order valence-corrected chi connectivity index (χ3v) is 3.93. The van der Waals surface area contributed by atoms with Crippen molar-refractivity contribution in [2.75, 3.05) is 18.5 Å². The minimum absolute atomic E-state index is 0.105. The van der Waals surface area contributed by atoms with Crippen LogP contribution in [0.15, 0.2) is 18.3 Å². The lowest BCUT2D eigenvalue weighted by Gasteiger charge is -2.27. The molecule has 104 valence electrons. The Morgan fingerprint density at radius 3 is 2.89 bits per heavy atom. The first-order valence-corrected chi connectivity index (χ1v) is 7.07. The summed E-state index contributed by atoms with van der Waals surface area (Å²) in [5.41, 5.74) is -0.420. The number of halogens is 1. The zero-order valence-electron chi connectivity index (χ0n) is 11.1. The Morgan fingerprint density at radius 2 is 2.26 bits per heavy atom. The van der Waals surface area contributed by atoms with E-state index in [1.54, 1.807) is 18.3 Å². The van der Waals surface area contributed by atoms with Crippen LogP contribution in [0.5, 0.6) is 0 Å². The Bertz CT molecular complexity index is 445. The van der Waals surface area contributed by atoms with Crippen molar-refractivity contribution in [1.82, 2.24) is 4.98 Å². The van der Waals surface area contributed by atoms with Crippen molar-refractivity contribution >= 4 is 23.4 Å². The third kappa shape index (κ3) is 3.18. The van der Waals surface area contributed by atoms with Crippen molar-refractivity contribution in [3.05, 3.63) is 23.4 Å². The molecule has 1 N–H and O–H groups in total. The molecule has 0 amide bonds. The molecule has 0 radical (unpaired) electrons. The van der Waals surface area contributed by atoms with Crippen LogP contribution in [0, 0.1) is 5.41 Å². The van der Waals surface area contributed by atoms with Gasteiger partial charge in [-0.1, -0.05) is 24.4 Å². The molecule has 0 saturated heterocycles. The third-order valence-electron chi connectivity index (χ3n) is 3.62. The number of nitrogens with one attached hydrogen (secondary N) is 1. The number of anilines is 1. The highest BCUT2D eigenvalue weighted by molar-refractivity contribution is 6.32. The van der Waals surface area contributed by atoms with Crippen molar-refractivity contribution in [2.45, 2.75) is 32.6 Å². The molecule has 0 aliphatic heterocycles. The molecule has 1 aliphatic rings. The zero-order valence-corrected chi connectivity index (χ0v) is 11.9. The Kier molecular flexibility index (Phi) is 4.64. The normalized spacial score (nSPS) is 17.2. The van der Waals surface area contributed by atoms with Gasteiger partial charge in [0.2, 0.25) is 0 Å². The second-order valence-corrected chi connectivity index (χ2v) is 5.30. The molecule has 2 rings (SSSR count). The molecular formula is C14H19ClN2O2. The number of aromatic nitrogens is 1. The summed E-state index contributed by atoms with van der Waals surface area (Å²) in [6.45, 7) is 2.79. The maximum absolute atomic E-state index is 12.2. The number of hydrogen-bond acceptors (Lipinski definition) is 4. The van der Waals surface area contributed by atoms with Gasteiger partial charge in [-0.3, -0.25) is 4.79 Å². The number of carbonyl (C=O) groups is 1. The first-order valence-electron chi connectivity index (χ1n) is 6.69. The molecule has 1 aromatic rings. The van der Waals surface area contributed by atoms with Gasteiger partial charge in [-0.25, -0.2) is 4.98 Å². The molecule has 0 aromatic carbocycles. The summed E-state index contributed by atoms with van der Waals surface area (Å²) >= 11 is 6.05. The second-order valence-electron chi connectivity index (χ2n) is 4.90. The lowest BCUT2D eigenvalue weighted by atomic mass is 9.86. The Morgan fingerprint density at radius 1 is 1.53 bits per heavy atom. The molecule has 1 heterocycles. The van der Waals surface area contributed by atoms with Crippen LogP contribution >= 0.6 is 11.6 Å². The summed E-state index contributed by atoms with van der Waals surface area (Å²) in [5, 5.41) is 3.76. The summed E-state index contributed by atoms with van der Waals surface area (Å²) in [6.07, 6.45) is 5.54. The number of pyridine rings is 1. The van der Waals surface area contributed by atoms with Crippen LogP contribution in [0.1, 0.15) is 32.6 Å². The first-order chi connectivity index (χ1) is 9.18. The minimum Gasteiger partial charge on any atom is -0.466 e. The molecule has 1 fully saturated rings. The molecule has 1 aliphatic carbocycles. The number of ether oxygens (including phenoxy) is 1. The van der Waals surface area contributed by atoms with E-state index in [1.807, 2.05) is 6.92 Å². The molecular weight excluding hydrogens is 264 g/mol. The smallest absolute Gasteiger partial charge is 0.313 e. The first kappa shape index (κ1) is 14.1. The fourth-order valence-electron chi connectivity index (χ4n) is 2.56. The van der Waals surface area contributed by atoms with Gasteiger partial charge in [0, 0.05) is 12.7 Å². The number of nitrogens with zero attached hydrogens (tertiary/aromatic N) is 1. The highest BCUT2D eigenvalue weighted by Gasteiger charge is 2.42. The summed E-state index contributed by atoms with van der Waals surface area (Å²) in [4.78, 5) is 16.3. The molecule has 5 heteroatoms. The number of carbonyl (C=O) groups excluding carboxylic acids is 1. The van der Waals surface area contributed by atoms with E-state index >= 15 is 0 Å². The molecule has 0 bridgehead atoms. The molecule has 0 spiro atoms. The van der Waals surface area contributed by atoms with Gasteiger partial charge >= 0.3 is 5.97 Å². The van der Waals surface area contributed by atoms with Crippen LogP contribution in [0.25, 0.3) is 0 Å². The van der Waals surface area contributed by atoms with E-state index in [0.29, 0.717) is 24.0 Å². The fourth-order valence-corrected chi connectivity index (χ4v) is 2.75. The van der Waals surface area contributed by atoms with Gasteiger partial charge in [-0.05, 0) is 31.9 Å². The molecule has 0 unspecified atom stereocenters. The number of esters is 1. The van der Waals surface area contributed by atoms with Crippen LogP contribution in [0.2, 0.25) is 5.02 Å². The van der Waals surface area contributed by atoms with Crippen LogP contribution in [-0.2, 0) is 9.53 Å². The topological polar surface area (TPSA) is 51.2 Å². The van der Waals surface area contributed by atoms with E-state index < -0.39 is 5.41 Å². The highest BCUT2D eigenvalue weighted by atomic mass is 35.5. The summed E-state index contributed by atoms with van der Waals surface area (Å²) < 4.78 is 5.22. The van der Waals surface area contributed by atoms with Crippen molar-refractivity contribution in [2.24, 2.45) is 5.41 Å². The van der Waals surface area contributed by atoms with E-state index in [0.717, 1.165) is 25.7 Å². The van der Waals surface area contributed by atoms with Gasteiger partial charge in [0.05, 0.1) is 17.0 Å². The SMILES string of the molecule is CCOC(=O)C1(CNc2ncccc2Cl)CCCC1. The van der Waals surface area contributed by atoms with Gasteiger partial charge < -0.3 is 10.1 Å². The van der Waals surface area contributed by atoms with Crippen LogP contribution < -0.4 is 5.32 Å². The van der Waals surface area contributed by atoms with Crippen molar-refractivity contribution in [1.29, 1.82) is 0 Å². The van der Waals surface area contributed by atoms with Gasteiger partial charge in [0.25, 0.3) is 0 Å². The predicted octanol–water partition coefficient (Wildman–Crippen LogP) is 3.27. The summed E-state index contributed by atoms with van der Waals surface area (Å²) in [6, 6.07) is 3.56. The van der Waals surface area contributed by atoms with Crippen molar-refractivity contribution in [3.8, 4) is 0 Å². The van der Waals surface area contributed by atoms with Gasteiger partial charge in [-0.2, -0.15) is 0 Å². The van der Waals surface area contributed by atoms with Gasteiger partial charge in [-0.15, -0.1) is 0 Å². The van der Waals surface area contributed by atoms with E-state index in [2.05, 4.69) is 10.3 Å². The quantitative estimate of drug-likeness (QED) is 0.842. The fraction of sp³-hybridized carbons (Fsp3) is 0.571. The standard InChI is InChI=1S/C14H19ClN2O2/c1-2-19-13(18)14(7-3-4-8-14)10-17-12-11(15)6-5-9-16-12/h5-6,9H,2-4,7-8,10H2,1H3,(H,16,17). The molecule has 4 nitrogen and oxygen atoms in total. The minimum atomic E-state index is -0.420. The maximum Gasteiger partial charge on any atom is 0.313 e. The van der Waals surface area contributed by atoms with Crippen molar-refractivity contribution in [3.63, 3.8) is 0 Å². The van der Waals surface area contributed by atoms with Crippen LogP contribution in [0.4, 0.5) is 5.82 Å². The van der Waals surface area contributed by atoms with Crippen LogP contribution in [-0.4, -0.2) is 24.1 Å². The van der Waals surface area contributed by atoms with E-state index in [9.17, 15) is 4.79 Å². The number of rotatable bonds is 5. The van der Waals surface area contributed by atoms with Gasteiger partial charge in [0.1, 0.15) is 5.82 Å². The average Bonchev–Trinajstić information content (AvgIpc) is 2.88. The second kappa shape index (κ2) is 6.24. The number of hydrogen-bond donors (Lipinski definition) is 1. The lowest BCUT2D eigenvalue weighted by Crippen LogP contribution is -2.37. The van der Waals surface area contributed by atoms with Crippen LogP contribution in [0.3, 0.4) is 0 Å². The molecule has 0 atom stereocenters. The Labute approximate surface area is 118 Å². The van der Waals surface area contributed by atoms with E-state index in [4.69, 9.17) is 16.3 Å². The maximum atomic E-state index is 12.2. The largest absolute Gasteiger partial charge is 0.466 e. The Balaban J connectivity index is 2.06. The van der Waals surface area contributed by atoms with E-state index in [-0.39, 0.29) is 5.97 Å². The monoisotopic (exact) mass is 282 g/mol. The average molecular weight is 283 g/mol. The van der Waals surface area contributed by atoms with E-state index in [1.165, 1.54) is 0 Å². The predicted molar refractivity (Wildman–Crippen MR) is 75.3 cm³/mol. The molecule has 19 heavy (non-hydrogen) atoms. The Hall–Kier alpha value is -1.29. The highest BCUT2D eigenvalue weighted by Crippen LogP contribution is 2.39. The summed E-state index contributed by atoms with van der Waals surface area (Å²) in [7, 11) is 0. The van der Waals surface area contributed by atoms with Gasteiger partial charge in [0.15, 0.2) is 0 Å². The zero-order chi connectivity index (χ0) is 13.7. The molecule has 1 saturated carbocycles. The molecule has 1 aromatic heterocycles.